The number of nitrogens with zero attached hydrogens (tertiary/aromatic N) is 1. The van der Waals surface area contributed by atoms with E-state index in [4.69, 9.17) is 0 Å². The first-order valence-corrected chi connectivity index (χ1v) is 8.27. The van der Waals surface area contributed by atoms with Crippen molar-refractivity contribution in [2.24, 2.45) is 0 Å². The maximum atomic E-state index is 3.67. The van der Waals surface area contributed by atoms with E-state index in [2.05, 4.69) is 31.0 Å². The summed E-state index contributed by atoms with van der Waals surface area (Å²) in [6, 6.07) is 3.37. The van der Waals surface area contributed by atoms with Crippen molar-refractivity contribution in [3.8, 4) is 0 Å². The predicted octanol–water partition coefficient (Wildman–Crippen LogP) is 3.56. The lowest BCUT2D eigenvalue weighted by atomic mass is 9.94. The number of hydrogen-bond acceptors (Lipinski definition) is 2. The van der Waals surface area contributed by atoms with Crippen molar-refractivity contribution >= 4 is 0 Å². The number of fused-ring (bicyclic) bond motifs is 2. The Morgan fingerprint density at radius 2 is 1.78 bits per heavy atom. The molecule has 2 saturated heterocycles. The molecule has 2 heterocycles. The van der Waals surface area contributed by atoms with E-state index in [9.17, 15) is 0 Å². The summed E-state index contributed by atoms with van der Waals surface area (Å²) in [6.07, 6.45) is 11.3. The molecule has 2 bridgehead atoms. The van der Waals surface area contributed by atoms with Crippen LogP contribution in [0.25, 0.3) is 0 Å². The molecule has 0 aromatic carbocycles. The summed E-state index contributed by atoms with van der Waals surface area (Å²) in [5.41, 5.74) is 0. The van der Waals surface area contributed by atoms with Crippen LogP contribution in [0.5, 0.6) is 0 Å². The van der Waals surface area contributed by atoms with Crippen molar-refractivity contribution in [2.45, 2.75) is 96.3 Å². The Balaban J connectivity index is 1.83. The summed E-state index contributed by atoms with van der Waals surface area (Å²) < 4.78 is 0. The first kappa shape index (κ1) is 14.3. The monoisotopic (exact) mass is 252 g/mol. The smallest absolute Gasteiger partial charge is 0.0116 e. The molecule has 2 nitrogen and oxygen atoms in total. The molecule has 2 rings (SSSR count). The molecule has 2 aliphatic rings. The summed E-state index contributed by atoms with van der Waals surface area (Å²) in [5, 5.41) is 3.67. The lowest BCUT2D eigenvalue weighted by Crippen LogP contribution is -2.52. The largest absolute Gasteiger partial charge is 0.314 e. The summed E-state index contributed by atoms with van der Waals surface area (Å²) in [7, 11) is 0. The van der Waals surface area contributed by atoms with Gasteiger partial charge in [-0.15, -0.1) is 0 Å². The Kier molecular flexibility index (Phi) is 5.50. The molecule has 0 aromatic heterocycles. The van der Waals surface area contributed by atoms with Crippen molar-refractivity contribution in [3.05, 3.63) is 0 Å². The molecule has 2 fully saturated rings. The Labute approximate surface area is 114 Å². The van der Waals surface area contributed by atoms with Crippen LogP contribution in [-0.4, -0.2) is 35.6 Å². The third kappa shape index (κ3) is 3.27. The standard InChI is InChI=1S/C16H32N2/c1-4-6-7-8-13(3)18-15-9-10-16(18)12-14(11-15)17-5-2/h13-17H,4-12H2,1-3H3. The van der Waals surface area contributed by atoms with E-state index in [1.54, 1.807) is 0 Å². The van der Waals surface area contributed by atoms with Crippen molar-refractivity contribution < 1.29 is 0 Å². The van der Waals surface area contributed by atoms with Crippen LogP contribution in [0, 0.1) is 0 Å². The molecule has 0 aromatic rings. The van der Waals surface area contributed by atoms with Gasteiger partial charge in [0.1, 0.15) is 0 Å². The highest BCUT2D eigenvalue weighted by molar-refractivity contribution is 4.99. The maximum absolute atomic E-state index is 3.67. The van der Waals surface area contributed by atoms with Crippen molar-refractivity contribution in [3.63, 3.8) is 0 Å². The highest BCUT2D eigenvalue weighted by atomic mass is 15.3. The fraction of sp³-hybridized carbons (Fsp3) is 1.00. The molecular weight excluding hydrogens is 220 g/mol. The first-order valence-electron chi connectivity index (χ1n) is 8.27. The van der Waals surface area contributed by atoms with E-state index >= 15 is 0 Å². The van der Waals surface area contributed by atoms with Gasteiger partial charge in [-0.05, 0) is 45.6 Å². The predicted molar refractivity (Wildman–Crippen MR) is 79.0 cm³/mol. The number of nitrogens with one attached hydrogen (secondary N) is 1. The maximum Gasteiger partial charge on any atom is 0.0116 e. The molecule has 2 heteroatoms. The highest BCUT2D eigenvalue weighted by Crippen LogP contribution is 2.38. The minimum Gasteiger partial charge on any atom is -0.314 e. The minimum atomic E-state index is 0.798. The summed E-state index contributed by atoms with van der Waals surface area (Å²) in [6.45, 7) is 8.14. The Morgan fingerprint density at radius 1 is 1.11 bits per heavy atom. The molecule has 0 saturated carbocycles. The Hall–Kier alpha value is -0.0800. The molecule has 18 heavy (non-hydrogen) atoms. The second kappa shape index (κ2) is 6.91. The molecule has 106 valence electrons. The second-order valence-corrected chi connectivity index (χ2v) is 6.40. The second-order valence-electron chi connectivity index (χ2n) is 6.40. The van der Waals surface area contributed by atoms with Crippen LogP contribution >= 0.6 is 0 Å². The normalized spacial score (nSPS) is 33.8. The van der Waals surface area contributed by atoms with Crippen LogP contribution in [0.15, 0.2) is 0 Å². The zero-order valence-corrected chi connectivity index (χ0v) is 12.6. The van der Waals surface area contributed by atoms with Gasteiger partial charge in [-0.3, -0.25) is 4.90 Å². The molecular formula is C16H32N2. The van der Waals surface area contributed by atoms with Crippen LogP contribution < -0.4 is 5.32 Å². The van der Waals surface area contributed by atoms with Gasteiger partial charge < -0.3 is 5.32 Å². The van der Waals surface area contributed by atoms with Gasteiger partial charge in [0.15, 0.2) is 0 Å². The number of rotatable bonds is 7. The van der Waals surface area contributed by atoms with Gasteiger partial charge in [0, 0.05) is 24.2 Å². The topological polar surface area (TPSA) is 15.3 Å². The highest BCUT2D eigenvalue weighted by Gasteiger charge is 2.42. The van der Waals surface area contributed by atoms with E-state index in [0.717, 1.165) is 30.7 Å². The molecule has 2 aliphatic heterocycles. The van der Waals surface area contributed by atoms with Crippen molar-refractivity contribution in [1.29, 1.82) is 0 Å². The molecule has 0 aliphatic carbocycles. The number of unbranched alkanes of at least 4 members (excludes halogenated alkanes) is 2. The van der Waals surface area contributed by atoms with Gasteiger partial charge in [0.25, 0.3) is 0 Å². The van der Waals surface area contributed by atoms with Gasteiger partial charge in [-0.2, -0.15) is 0 Å². The molecule has 0 radical (unpaired) electrons. The minimum absolute atomic E-state index is 0.798. The average molecular weight is 252 g/mol. The lowest BCUT2D eigenvalue weighted by Gasteiger charge is -2.43. The van der Waals surface area contributed by atoms with E-state index in [1.807, 2.05) is 0 Å². The Bertz CT molecular complexity index is 227. The number of hydrogen-bond donors (Lipinski definition) is 1. The summed E-state index contributed by atoms with van der Waals surface area (Å²) in [4.78, 5) is 2.88. The number of piperidine rings is 1. The quantitative estimate of drug-likeness (QED) is 0.697. The molecule has 0 amide bonds. The molecule has 0 spiro atoms. The first-order chi connectivity index (χ1) is 8.76. The summed E-state index contributed by atoms with van der Waals surface area (Å²) in [5.74, 6) is 0. The van der Waals surface area contributed by atoms with Gasteiger partial charge in [0.05, 0.1) is 0 Å². The Morgan fingerprint density at radius 3 is 2.33 bits per heavy atom. The third-order valence-corrected chi connectivity index (χ3v) is 5.02. The fourth-order valence-electron chi connectivity index (χ4n) is 4.23. The zero-order valence-electron chi connectivity index (χ0n) is 12.6. The van der Waals surface area contributed by atoms with Gasteiger partial charge >= 0.3 is 0 Å². The van der Waals surface area contributed by atoms with E-state index in [0.29, 0.717) is 0 Å². The van der Waals surface area contributed by atoms with Crippen LogP contribution in [0.2, 0.25) is 0 Å². The third-order valence-electron chi connectivity index (χ3n) is 5.02. The van der Waals surface area contributed by atoms with E-state index in [1.165, 1.54) is 51.4 Å². The van der Waals surface area contributed by atoms with Crippen LogP contribution in [0.3, 0.4) is 0 Å². The van der Waals surface area contributed by atoms with Crippen molar-refractivity contribution in [2.75, 3.05) is 6.54 Å². The van der Waals surface area contributed by atoms with E-state index in [-0.39, 0.29) is 0 Å². The van der Waals surface area contributed by atoms with Gasteiger partial charge in [-0.1, -0.05) is 33.1 Å². The summed E-state index contributed by atoms with van der Waals surface area (Å²) >= 11 is 0. The van der Waals surface area contributed by atoms with Crippen LogP contribution in [0.1, 0.15) is 72.1 Å². The van der Waals surface area contributed by atoms with Crippen LogP contribution in [-0.2, 0) is 0 Å². The van der Waals surface area contributed by atoms with E-state index < -0.39 is 0 Å². The SMILES string of the molecule is CCCCCC(C)N1C2CCC1CC(NCC)C2. The zero-order chi connectivity index (χ0) is 13.0. The van der Waals surface area contributed by atoms with Gasteiger partial charge in [-0.25, -0.2) is 0 Å². The molecule has 3 atom stereocenters. The van der Waals surface area contributed by atoms with Gasteiger partial charge in [0.2, 0.25) is 0 Å². The lowest BCUT2D eigenvalue weighted by molar-refractivity contribution is 0.0726. The fourth-order valence-corrected chi connectivity index (χ4v) is 4.23. The molecule has 3 unspecified atom stereocenters. The molecule has 1 N–H and O–H groups in total. The van der Waals surface area contributed by atoms with Crippen LogP contribution in [0.4, 0.5) is 0 Å². The van der Waals surface area contributed by atoms with Crippen molar-refractivity contribution in [1.82, 2.24) is 10.2 Å². The average Bonchev–Trinajstić information content (AvgIpc) is 2.62.